The molecular weight excluding hydrogens is 304 g/mol. The van der Waals surface area contributed by atoms with Crippen molar-refractivity contribution in [1.82, 2.24) is 9.80 Å². The third-order valence-electron chi connectivity index (χ3n) is 5.36. The number of hydrogen-bond acceptors (Lipinski definition) is 5. The highest BCUT2D eigenvalue weighted by Gasteiger charge is 2.31. The van der Waals surface area contributed by atoms with Crippen molar-refractivity contribution in [2.24, 2.45) is 0 Å². The van der Waals surface area contributed by atoms with E-state index in [1.807, 2.05) is 24.3 Å². The number of methoxy groups -OCH3 is 1. The zero-order valence-electron chi connectivity index (χ0n) is 14.7. The van der Waals surface area contributed by atoms with Crippen molar-refractivity contribution in [3.05, 3.63) is 24.3 Å². The van der Waals surface area contributed by atoms with Gasteiger partial charge in [-0.1, -0.05) is 12.1 Å². The van der Waals surface area contributed by atoms with Crippen molar-refractivity contribution >= 4 is 0 Å². The molecule has 0 radical (unpaired) electrons. The van der Waals surface area contributed by atoms with Gasteiger partial charge in [0.05, 0.1) is 13.7 Å². The van der Waals surface area contributed by atoms with Gasteiger partial charge in [0, 0.05) is 25.2 Å². The first-order chi connectivity index (χ1) is 11.8. The van der Waals surface area contributed by atoms with Crippen LogP contribution < -0.4 is 9.47 Å². The molecule has 0 bridgehead atoms. The van der Waals surface area contributed by atoms with E-state index in [-0.39, 0.29) is 0 Å². The van der Waals surface area contributed by atoms with E-state index in [1.165, 1.54) is 19.3 Å². The van der Waals surface area contributed by atoms with Crippen LogP contribution in [-0.2, 0) is 0 Å². The van der Waals surface area contributed by atoms with Crippen LogP contribution in [0, 0.1) is 0 Å². The first-order valence-corrected chi connectivity index (χ1v) is 9.16. The van der Waals surface area contributed by atoms with Gasteiger partial charge in [-0.2, -0.15) is 0 Å². The van der Waals surface area contributed by atoms with Crippen LogP contribution in [0.1, 0.15) is 25.7 Å². The lowest BCUT2D eigenvalue weighted by Crippen LogP contribution is -2.44. The van der Waals surface area contributed by atoms with E-state index in [0.29, 0.717) is 25.3 Å². The summed E-state index contributed by atoms with van der Waals surface area (Å²) in [5.41, 5.74) is 0. The largest absolute Gasteiger partial charge is 0.493 e. The molecule has 0 amide bonds. The quantitative estimate of drug-likeness (QED) is 0.788. The van der Waals surface area contributed by atoms with E-state index < -0.39 is 0 Å². The monoisotopic (exact) mass is 334 g/mol. The number of likely N-dealkylation sites (tertiary alicyclic amines) is 2. The summed E-state index contributed by atoms with van der Waals surface area (Å²) in [5.74, 6) is 1.61. The van der Waals surface area contributed by atoms with Crippen LogP contribution in [0.5, 0.6) is 11.5 Å². The second kappa shape index (κ2) is 8.70. The average molecular weight is 334 g/mol. The van der Waals surface area contributed by atoms with Crippen molar-refractivity contribution in [3.8, 4) is 11.5 Å². The summed E-state index contributed by atoms with van der Waals surface area (Å²) in [4.78, 5) is 5.02. The molecule has 2 atom stereocenters. The van der Waals surface area contributed by atoms with Crippen LogP contribution in [0.4, 0.5) is 0 Å². The van der Waals surface area contributed by atoms with Gasteiger partial charge >= 0.3 is 0 Å². The van der Waals surface area contributed by atoms with Gasteiger partial charge in [0.1, 0.15) is 6.61 Å². The Bertz CT molecular complexity index is 511. The summed E-state index contributed by atoms with van der Waals surface area (Å²) >= 11 is 0. The van der Waals surface area contributed by atoms with Crippen LogP contribution in [0.3, 0.4) is 0 Å². The predicted octanol–water partition coefficient (Wildman–Crippen LogP) is 2.00. The Morgan fingerprint density at radius 1 is 1.04 bits per heavy atom. The molecule has 2 saturated heterocycles. The molecule has 2 heterocycles. The smallest absolute Gasteiger partial charge is 0.161 e. The summed E-state index contributed by atoms with van der Waals surface area (Å²) in [6, 6.07) is 8.78. The van der Waals surface area contributed by atoms with E-state index in [1.54, 1.807) is 7.11 Å². The molecule has 2 fully saturated rings. The molecular formula is C19H30N2O3. The Hall–Kier alpha value is -1.30. The molecule has 0 aliphatic carbocycles. The lowest BCUT2D eigenvalue weighted by atomic mass is 10.2. The van der Waals surface area contributed by atoms with Crippen LogP contribution in [0.15, 0.2) is 24.3 Å². The minimum absolute atomic E-state index is 0.295. The number of aliphatic hydroxyl groups is 1. The fourth-order valence-electron chi connectivity index (χ4n) is 4.02. The molecule has 3 rings (SSSR count). The molecule has 0 saturated carbocycles. The second-order valence-electron chi connectivity index (χ2n) is 6.80. The first kappa shape index (κ1) is 17.5. The van der Waals surface area contributed by atoms with Gasteiger partial charge in [-0.05, 0) is 50.9 Å². The maximum absolute atomic E-state index is 9.51. The van der Waals surface area contributed by atoms with Gasteiger partial charge < -0.3 is 14.6 Å². The maximum Gasteiger partial charge on any atom is 0.161 e. The number of nitrogens with zero attached hydrogens (tertiary/aromatic N) is 2. The molecule has 1 N–H and O–H groups in total. The van der Waals surface area contributed by atoms with Crippen molar-refractivity contribution in [3.63, 3.8) is 0 Å². The van der Waals surface area contributed by atoms with Crippen molar-refractivity contribution in [2.75, 3.05) is 46.5 Å². The lowest BCUT2D eigenvalue weighted by molar-refractivity contribution is 0.114. The molecule has 2 aliphatic rings. The number of aliphatic hydroxyl groups excluding tert-OH is 1. The zero-order chi connectivity index (χ0) is 16.8. The summed E-state index contributed by atoms with van der Waals surface area (Å²) in [7, 11) is 1.67. The number of hydrogen-bond donors (Lipinski definition) is 1. The number of rotatable bonds is 8. The van der Waals surface area contributed by atoms with E-state index >= 15 is 0 Å². The lowest BCUT2D eigenvalue weighted by Gasteiger charge is -2.31. The maximum atomic E-state index is 9.51. The molecule has 0 spiro atoms. The third kappa shape index (κ3) is 4.21. The Morgan fingerprint density at radius 2 is 1.75 bits per heavy atom. The van der Waals surface area contributed by atoms with Gasteiger partial charge in [0.25, 0.3) is 0 Å². The van der Waals surface area contributed by atoms with Crippen LogP contribution in [0.25, 0.3) is 0 Å². The SMILES string of the molecule is COc1ccccc1OCCN1CCCC1CN1CCCC1CO. The van der Waals surface area contributed by atoms with Crippen LogP contribution in [-0.4, -0.2) is 73.5 Å². The molecule has 2 aliphatic heterocycles. The van der Waals surface area contributed by atoms with Crippen molar-refractivity contribution in [1.29, 1.82) is 0 Å². The van der Waals surface area contributed by atoms with Crippen molar-refractivity contribution in [2.45, 2.75) is 37.8 Å². The number of para-hydroxylation sites is 2. The Labute approximate surface area is 145 Å². The highest BCUT2D eigenvalue weighted by molar-refractivity contribution is 5.39. The molecule has 0 aromatic heterocycles. The van der Waals surface area contributed by atoms with Crippen LogP contribution >= 0.6 is 0 Å². The Balaban J connectivity index is 1.47. The summed E-state index contributed by atoms with van der Waals surface area (Å²) < 4.78 is 11.3. The van der Waals surface area contributed by atoms with E-state index in [0.717, 1.165) is 44.1 Å². The van der Waals surface area contributed by atoms with Gasteiger partial charge in [0.15, 0.2) is 11.5 Å². The minimum atomic E-state index is 0.295. The molecule has 5 heteroatoms. The predicted molar refractivity (Wildman–Crippen MR) is 94.8 cm³/mol. The zero-order valence-corrected chi connectivity index (χ0v) is 14.7. The fourth-order valence-corrected chi connectivity index (χ4v) is 4.02. The van der Waals surface area contributed by atoms with Crippen molar-refractivity contribution < 1.29 is 14.6 Å². The van der Waals surface area contributed by atoms with Gasteiger partial charge in [0.2, 0.25) is 0 Å². The average Bonchev–Trinajstić information content (AvgIpc) is 3.25. The number of benzene rings is 1. The molecule has 5 nitrogen and oxygen atoms in total. The summed E-state index contributed by atoms with van der Waals surface area (Å²) in [5, 5.41) is 9.51. The van der Waals surface area contributed by atoms with E-state index in [4.69, 9.17) is 9.47 Å². The molecule has 1 aromatic carbocycles. The molecule has 134 valence electrons. The molecule has 1 aromatic rings. The van der Waals surface area contributed by atoms with E-state index in [2.05, 4.69) is 9.80 Å². The number of ether oxygens (including phenoxy) is 2. The van der Waals surface area contributed by atoms with Gasteiger partial charge in [-0.15, -0.1) is 0 Å². The molecule has 24 heavy (non-hydrogen) atoms. The summed E-state index contributed by atoms with van der Waals surface area (Å²) in [6.45, 7) is 5.29. The van der Waals surface area contributed by atoms with Gasteiger partial charge in [-0.3, -0.25) is 9.80 Å². The second-order valence-corrected chi connectivity index (χ2v) is 6.80. The highest BCUT2D eigenvalue weighted by Crippen LogP contribution is 2.26. The Kier molecular flexibility index (Phi) is 6.35. The van der Waals surface area contributed by atoms with Gasteiger partial charge in [-0.25, -0.2) is 0 Å². The first-order valence-electron chi connectivity index (χ1n) is 9.16. The fraction of sp³-hybridized carbons (Fsp3) is 0.684. The summed E-state index contributed by atoms with van der Waals surface area (Å²) in [6.07, 6.45) is 4.87. The molecule has 2 unspecified atom stereocenters. The third-order valence-corrected chi connectivity index (χ3v) is 5.36. The van der Waals surface area contributed by atoms with E-state index in [9.17, 15) is 5.11 Å². The Morgan fingerprint density at radius 3 is 2.50 bits per heavy atom. The topological polar surface area (TPSA) is 45.2 Å². The normalized spacial score (nSPS) is 25.2. The standard InChI is InChI=1S/C19H30N2O3/c1-23-18-8-2-3-9-19(18)24-13-12-20-10-4-6-16(20)14-21-11-5-7-17(21)15-22/h2-3,8-9,16-17,22H,4-7,10-15H2,1H3. The minimum Gasteiger partial charge on any atom is -0.493 e. The highest BCUT2D eigenvalue weighted by atomic mass is 16.5. The van der Waals surface area contributed by atoms with Crippen LogP contribution in [0.2, 0.25) is 0 Å².